The summed E-state index contributed by atoms with van der Waals surface area (Å²) in [6.45, 7) is 2.97. The van der Waals surface area contributed by atoms with Gasteiger partial charge in [-0.1, -0.05) is 6.92 Å². The smallest absolute Gasteiger partial charge is 0.308 e. The molecule has 2 heterocycles. The molecule has 0 radical (unpaired) electrons. The molecule has 18 heavy (non-hydrogen) atoms. The number of amides is 1. The van der Waals surface area contributed by atoms with Crippen molar-refractivity contribution in [2.24, 2.45) is 11.8 Å². The van der Waals surface area contributed by atoms with Gasteiger partial charge in [-0.05, 0) is 12.3 Å². The number of hydrogen-bond donors (Lipinski definition) is 1. The first-order valence-corrected chi connectivity index (χ1v) is 6.82. The zero-order valence-electron chi connectivity index (χ0n) is 10.2. The molecule has 1 aliphatic rings. The fourth-order valence-electron chi connectivity index (χ4n) is 2.32. The minimum atomic E-state index is -0.808. The number of carbonyl (C=O) groups excluding carboxylic acids is 1. The summed E-state index contributed by atoms with van der Waals surface area (Å²) in [5.41, 5.74) is 1.70. The van der Waals surface area contributed by atoms with Gasteiger partial charge < -0.3 is 10.0 Å². The van der Waals surface area contributed by atoms with Gasteiger partial charge in [0.05, 0.1) is 17.8 Å². The molecule has 1 aromatic heterocycles. The molecular formula is C12H16N2O3S. The van der Waals surface area contributed by atoms with Crippen LogP contribution in [0.15, 0.2) is 11.7 Å². The maximum Gasteiger partial charge on any atom is 0.308 e. The Morgan fingerprint density at radius 2 is 2.33 bits per heavy atom. The van der Waals surface area contributed by atoms with Crippen molar-refractivity contribution in [2.45, 2.75) is 19.8 Å². The summed E-state index contributed by atoms with van der Waals surface area (Å²) >= 11 is 1.45. The highest BCUT2D eigenvalue weighted by molar-refractivity contribution is 7.09. The molecule has 6 heteroatoms. The van der Waals surface area contributed by atoms with E-state index in [1.807, 2.05) is 6.92 Å². The molecule has 1 aromatic rings. The molecule has 0 aliphatic carbocycles. The highest BCUT2D eigenvalue weighted by Crippen LogP contribution is 2.22. The number of carbonyl (C=O) groups is 2. The predicted molar refractivity (Wildman–Crippen MR) is 67.3 cm³/mol. The Balaban J connectivity index is 1.99. The second-order valence-corrected chi connectivity index (χ2v) is 5.79. The molecular weight excluding hydrogens is 252 g/mol. The summed E-state index contributed by atoms with van der Waals surface area (Å²) in [7, 11) is 0. The lowest BCUT2D eigenvalue weighted by Gasteiger charge is -2.34. The van der Waals surface area contributed by atoms with E-state index in [1.165, 1.54) is 11.3 Å². The number of hydrogen-bond acceptors (Lipinski definition) is 4. The van der Waals surface area contributed by atoms with Gasteiger partial charge in [0.25, 0.3) is 0 Å². The number of thiazole rings is 1. The standard InChI is InChI=1S/C12H16N2O3S/c1-8-2-9(12(16)17)6-14(5-8)11(15)3-10-4-13-7-18-10/h4,7-9H,2-3,5-6H2,1H3,(H,16,17). The van der Waals surface area contributed by atoms with Crippen LogP contribution < -0.4 is 0 Å². The topological polar surface area (TPSA) is 70.5 Å². The SMILES string of the molecule is CC1CC(C(=O)O)CN(C(=O)Cc2cncs2)C1. The molecule has 2 unspecified atom stereocenters. The zero-order chi connectivity index (χ0) is 13.1. The number of aromatic nitrogens is 1. The quantitative estimate of drug-likeness (QED) is 0.895. The van der Waals surface area contributed by atoms with Crippen molar-refractivity contribution in [1.82, 2.24) is 9.88 Å². The van der Waals surface area contributed by atoms with Gasteiger partial charge in [-0.2, -0.15) is 0 Å². The third kappa shape index (κ3) is 3.07. The molecule has 1 aliphatic heterocycles. The Morgan fingerprint density at radius 1 is 1.56 bits per heavy atom. The molecule has 98 valence electrons. The van der Waals surface area contributed by atoms with E-state index in [0.29, 0.717) is 25.9 Å². The number of carboxylic acids is 1. The summed E-state index contributed by atoms with van der Waals surface area (Å²) < 4.78 is 0. The van der Waals surface area contributed by atoms with Crippen LogP contribution in [0, 0.1) is 11.8 Å². The molecule has 1 saturated heterocycles. The maximum atomic E-state index is 12.1. The molecule has 5 nitrogen and oxygen atoms in total. The Kier molecular flexibility index (Phi) is 3.96. The van der Waals surface area contributed by atoms with Crippen molar-refractivity contribution in [1.29, 1.82) is 0 Å². The van der Waals surface area contributed by atoms with Gasteiger partial charge in [0.2, 0.25) is 5.91 Å². The van der Waals surface area contributed by atoms with Crippen molar-refractivity contribution in [3.8, 4) is 0 Å². The van der Waals surface area contributed by atoms with Crippen molar-refractivity contribution in [3.63, 3.8) is 0 Å². The Morgan fingerprint density at radius 3 is 2.94 bits per heavy atom. The van der Waals surface area contributed by atoms with Crippen LogP contribution in [-0.2, 0) is 16.0 Å². The molecule has 2 rings (SSSR count). The van der Waals surface area contributed by atoms with Gasteiger partial charge in [-0.15, -0.1) is 11.3 Å². The molecule has 2 atom stereocenters. The largest absolute Gasteiger partial charge is 0.481 e. The average Bonchev–Trinajstić information content (AvgIpc) is 2.80. The third-order valence-corrected chi connectivity index (χ3v) is 3.95. The van der Waals surface area contributed by atoms with Crippen LogP contribution in [0.5, 0.6) is 0 Å². The average molecular weight is 268 g/mol. The fourth-order valence-corrected chi connectivity index (χ4v) is 2.91. The van der Waals surface area contributed by atoms with Crippen LogP contribution in [0.4, 0.5) is 0 Å². The van der Waals surface area contributed by atoms with Gasteiger partial charge in [0.15, 0.2) is 0 Å². The van der Waals surface area contributed by atoms with Gasteiger partial charge >= 0.3 is 5.97 Å². The molecule has 0 aromatic carbocycles. The van der Waals surface area contributed by atoms with Crippen LogP contribution in [0.25, 0.3) is 0 Å². The Hall–Kier alpha value is -1.43. The summed E-state index contributed by atoms with van der Waals surface area (Å²) in [6, 6.07) is 0. The van der Waals surface area contributed by atoms with Gasteiger partial charge in [0, 0.05) is 24.2 Å². The van der Waals surface area contributed by atoms with Gasteiger partial charge in [-0.25, -0.2) is 0 Å². The second kappa shape index (κ2) is 5.48. The van der Waals surface area contributed by atoms with Crippen LogP contribution in [0.1, 0.15) is 18.2 Å². The van der Waals surface area contributed by atoms with Gasteiger partial charge in [0.1, 0.15) is 0 Å². The number of carboxylic acid groups (broad SMARTS) is 1. The van der Waals surface area contributed by atoms with Crippen LogP contribution >= 0.6 is 11.3 Å². The first kappa shape index (κ1) is 13.0. The van der Waals surface area contributed by atoms with E-state index in [1.54, 1.807) is 16.6 Å². The third-order valence-electron chi connectivity index (χ3n) is 3.17. The van der Waals surface area contributed by atoms with E-state index in [4.69, 9.17) is 5.11 Å². The number of aliphatic carboxylic acids is 1. The lowest BCUT2D eigenvalue weighted by atomic mass is 9.90. The van der Waals surface area contributed by atoms with Crippen LogP contribution in [-0.4, -0.2) is 40.0 Å². The van der Waals surface area contributed by atoms with Crippen molar-refractivity contribution >= 4 is 23.2 Å². The molecule has 0 saturated carbocycles. The Bertz CT molecular complexity index is 433. The number of rotatable bonds is 3. The molecule has 1 N–H and O–H groups in total. The molecule has 1 fully saturated rings. The molecule has 0 spiro atoms. The first-order valence-electron chi connectivity index (χ1n) is 5.94. The highest BCUT2D eigenvalue weighted by atomic mass is 32.1. The van der Waals surface area contributed by atoms with E-state index in [0.717, 1.165) is 4.88 Å². The number of likely N-dealkylation sites (tertiary alicyclic amines) is 1. The summed E-state index contributed by atoms with van der Waals surface area (Å²) in [5, 5.41) is 9.07. The van der Waals surface area contributed by atoms with E-state index < -0.39 is 11.9 Å². The van der Waals surface area contributed by atoms with E-state index in [-0.39, 0.29) is 11.8 Å². The van der Waals surface area contributed by atoms with Gasteiger partial charge in [-0.3, -0.25) is 14.6 Å². The fraction of sp³-hybridized carbons (Fsp3) is 0.583. The molecule has 0 bridgehead atoms. The van der Waals surface area contributed by atoms with Crippen molar-refractivity contribution < 1.29 is 14.7 Å². The highest BCUT2D eigenvalue weighted by Gasteiger charge is 2.31. The van der Waals surface area contributed by atoms with Crippen LogP contribution in [0.3, 0.4) is 0 Å². The van der Waals surface area contributed by atoms with Crippen molar-refractivity contribution in [3.05, 3.63) is 16.6 Å². The first-order chi connectivity index (χ1) is 8.56. The number of piperidine rings is 1. The Labute approximate surface area is 109 Å². The van der Waals surface area contributed by atoms with Crippen molar-refractivity contribution in [2.75, 3.05) is 13.1 Å². The number of nitrogens with zero attached hydrogens (tertiary/aromatic N) is 2. The van der Waals surface area contributed by atoms with E-state index in [9.17, 15) is 9.59 Å². The minimum Gasteiger partial charge on any atom is -0.481 e. The monoisotopic (exact) mass is 268 g/mol. The summed E-state index contributed by atoms with van der Waals surface area (Å²) in [4.78, 5) is 29.7. The normalized spacial score (nSPS) is 23.9. The summed E-state index contributed by atoms with van der Waals surface area (Å²) in [5.74, 6) is -1.00. The maximum absolute atomic E-state index is 12.1. The second-order valence-electron chi connectivity index (χ2n) is 4.82. The molecule has 1 amide bonds. The summed E-state index contributed by atoms with van der Waals surface area (Å²) in [6.07, 6.45) is 2.66. The predicted octanol–water partition coefficient (Wildman–Crippen LogP) is 1.25. The lowest BCUT2D eigenvalue weighted by Crippen LogP contribution is -2.46. The zero-order valence-corrected chi connectivity index (χ0v) is 11.0. The minimum absolute atomic E-state index is 0.00273. The van der Waals surface area contributed by atoms with Crippen LogP contribution in [0.2, 0.25) is 0 Å². The van der Waals surface area contributed by atoms with E-state index >= 15 is 0 Å². The lowest BCUT2D eigenvalue weighted by molar-refractivity contribution is -0.146. The van der Waals surface area contributed by atoms with E-state index in [2.05, 4.69) is 4.98 Å².